The fraction of sp³-hybridized carbons (Fsp3) is 0.750. The Morgan fingerprint density at radius 1 is 1.44 bits per heavy atom. The summed E-state index contributed by atoms with van der Waals surface area (Å²) in [6.07, 6.45) is -0.176. The molecule has 25 heavy (non-hydrogen) atoms. The van der Waals surface area contributed by atoms with Crippen molar-refractivity contribution in [2.75, 3.05) is 20.1 Å². The van der Waals surface area contributed by atoms with E-state index in [9.17, 15) is 4.39 Å². The molecule has 0 aliphatic carbocycles. The van der Waals surface area contributed by atoms with Crippen molar-refractivity contribution in [1.29, 1.82) is 0 Å². The van der Waals surface area contributed by atoms with Crippen LogP contribution in [0.5, 0.6) is 0 Å². The Bertz CT molecular complexity index is 686. The third-order valence-electron chi connectivity index (χ3n) is 4.65. The largest absolute Gasteiger partial charge is 0.297 e. The normalized spacial score (nSPS) is 21.7. The zero-order chi connectivity index (χ0) is 18.0. The van der Waals surface area contributed by atoms with Crippen LogP contribution in [0.1, 0.15) is 42.7 Å². The van der Waals surface area contributed by atoms with Gasteiger partial charge < -0.3 is 0 Å². The molecule has 0 aromatic carbocycles. The first-order valence-corrected chi connectivity index (χ1v) is 9.54. The van der Waals surface area contributed by atoms with Crippen LogP contribution in [-0.4, -0.2) is 67.3 Å². The van der Waals surface area contributed by atoms with Crippen molar-refractivity contribution in [3.8, 4) is 0 Å². The van der Waals surface area contributed by atoms with E-state index in [1.165, 1.54) is 4.88 Å². The number of alkyl halides is 1. The maximum atomic E-state index is 14.0. The molecule has 0 amide bonds. The zero-order valence-corrected chi connectivity index (χ0v) is 16.1. The second-order valence-corrected chi connectivity index (χ2v) is 8.05. The number of tetrazole rings is 1. The van der Waals surface area contributed by atoms with Gasteiger partial charge in [0.25, 0.3) is 0 Å². The Kier molecular flexibility index (Phi) is 5.75. The van der Waals surface area contributed by atoms with E-state index in [2.05, 4.69) is 44.2 Å². The molecule has 1 fully saturated rings. The van der Waals surface area contributed by atoms with Gasteiger partial charge in [-0.1, -0.05) is 0 Å². The minimum absolute atomic E-state index is 0.199. The lowest BCUT2D eigenvalue weighted by Gasteiger charge is -2.28. The molecule has 0 bridgehead atoms. The average molecular weight is 367 g/mol. The standard InChI is InChI=1S/C16H26FN7S/c1-11(2)24-16(19-20-21-24)9-22(4)7-14-5-13(17)6-23(14)8-15-12(3)18-10-25-15/h10-11,13-14H,5-9H2,1-4H3/t13-,14-/m0/s1. The van der Waals surface area contributed by atoms with E-state index in [-0.39, 0.29) is 12.1 Å². The molecule has 0 radical (unpaired) electrons. The summed E-state index contributed by atoms with van der Waals surface area (Å²) >= 11 is 1.65. The Hall–Kier alpha value is -1.45. The predicted octanol–water partition coefficient (Wildman–Crippen LogP) is 2.06. The Morgan fingerprint density at radius 3 is 2.92 bits per heavy atom. The van der Waals surface area contributed by atoms with Gasteiger partial charge in [0.2, 0.25) is 0 Å². The molecule has 2 aromatic rings. The van der Waals surface area contributed by atoms with Crippen LogP contribution in [0.2, 0.25) is 0 Å². The molecule has 1 aliphatic heterocycles. The summed E-state index contributed by atoms with van der Waals surface area (Å²) in [6.45, 7) is 8.86. The summed E-state index contributed by atoms with van der Waals surface area (Å²) in [4.78, 5) is 9.95. The second kappa shape index (κ2) is 7.84. The molecule has 138 valence electrons. The summed E-state index contributed by atoms with van der Waals surface area (Å²) in [5, 5.41) is 11.9. The van der Waals surface area contributed by atoms with E-state index in [0.29, 0.717) is 19.5 Å². The first kappa shape index (κ1) is 18.3. The molecular formula is C16H26FN7S. The van der Waals surface area contributed by atoms with Crippen molar-refractivity contribution < 1.29 is 4.39 Å². The second-order valence-electron chi connectivity index (χ2n) is 7.11. The Morgan fingerprint density at radius 2 is 2.24 bits per heavy atom. The van der Waals surface area contributed by atoms with E-state index in [4.69, 9.17) is 0 Å². The Balaban J connectivity index is 1.61. The molecule has 1 aliphatic rings. The highest BCUT2D eigenvalue weighted by atomic mass is 32.1. The summed E-state index contributed by atoms with van der Waals surface area (Å²) in [5.41, 5.74) is 2.91. The number of hydrogen-bond acceptors (Lipinski definition) is 7. The number of halogens is 1. The third-order valence-corrected chi connectivity index (χ3v) is 5.57. The summed E-state index contributed by atoms with van der Waals surface area (Å²) < 4.78 is 15.9. The highest BCUT2D eigenvalue weighted by Crippen LogP contribution is 2.26. The zero-order valence-electron chi connectivity index (χ0n) is 15.3. The lowest BCUT2D eigenvalue weighted by Crippen LogP contribution is -2.38. The average Bonchev–Trinajstić information content (AvgIpc) is 3.22. The van der Waals surface area contributed by atoms with Gasteiger partial charge in [0, 0.05) is 30.6 Å². The van der Waals surface area contributed by atoms with E-state index >= 15 is 0 Å². The minimum Gasteiger partial charge on any atom is -0.297 e. The monoisotopic (exact) mass is 367 g/mol. The summed E-state index contributed by atoms with van der Waals surface area (Å²) in [7, 11) is 2.04. The third kappa shape index (κ3) is 4.39. The van der Waals surface area contributed by atoms with Gasteiger partial charge in [-0.05, 0) is 44.7 Å². The SMILES string of the molecule is Cc1ncsc1CN1C[C@@H](F)C[C@H]1CN(C)Cc1nnnn1C(C)C. The molecule has 0 N–H and O–H groups in total. The van der Waals surface area contributed by atoms with Crippen molar-refractivity contribution >= 4 is 11.3 Å². The van der Waals surface area contributed by atoms with E-state index in [1.807, 2.05) is 24.2 Å². The molecule has 9 heteroatoms. The number of rotatable bonds is 7. The van der Waals surface area contributed by atoms with Crippen LogP contribution in [0.3, 0.4) is 0 Å². The lowest BCUT2D eigenvalue weighted by molar-refractivity contribution is 0.178. The van der Waals surface area contributed by atoms with Crippen LogP contribution in [-0.2, 0) is 13.1 Å². The number of aromatic nitrogens is 5. The highest BCUT2D eigenvalue weighted by Gasteiger charge is 2.33. The summed E-state index contributed by atoms with van der Waals surface area (Å²) in [5.74, 6) is 0.845. The van der Waals surface area contributed by atoms with Crippen molar-refractivity contribution in [3.05, 3.63) is 21.9 Å². The number of likely N-dealkylation sites (tertiary alicyclic amines) is 1. The number of likely N-dealkylation sites (N-methyl/N-ethyl adjacent to an activating group) is 1. The van der Waals surface area contributed by atoms with Crippen LogP contribution in [0.4, 0.5) is 4.39 Å². The van der Waals surface area contributed by atoms with E-state index < -0.39 is 6.17 Å². The van der Waals surface area contributed by atoms with Gasteiger partial charge in [0.05, 0.1) is 23.8 Å². The molecule has 7 nitrogen and oxygen atoms in total. The maximum absolute atomic E-state index is 14.0. The fourth-order valence-corrected chi connectivity index (χ4v) is 4.15. The van der Waals surface area contributed by atoms with Crippen LogP contribution in [0.25, 0.3) is 0 Å². The van der Waals surface area contributed by atoms with Gasteiger partial charge >= 0.3 is 0 Å². The molecule has 3 rings (SSSR count). The van der Waals surface area contributed by atoms with Gasteiger partial charge in [-0.3, -0.25) is 9.80 Å². The first-order chi connectivity index (χ1) is 11.9. The molecule has 2 atom stereocenters. The number of hydrogen-bond donors (Lipinski definition) is 0. The van der Waals surface area contributed by atoms with E-state index in [1.54, 1.807) is 11.3 Å². The van der Waals surface area contributed by atoms with Crippen LogP contribution < -0.4 is 0 Å². The number of aryl methyl sites for hydroxylation is 1. The highest BCUT2D eigenvalue weighted by molar-refractivity contribution is 7.09. The topological polar surface area (TPSA) is 63.0 Å². The van der Waals surface area contributed by atoms with E-state index in [0.717, 1.165) is 24.6 Å². The molecular weight excluding hydrogens is 341 g/mol. The number of nitrogens with zero attached hydrogens (tertiary/aromatic N) is 7. The van der Waals surface area contributed by atoms with Crippen molar-refractivity contribution in [2.24, 2.45) is 0 Å². The summed E-state index contributed by atoms with van der Waals surface area (Å²) in [6, 6.07) is 0.427. The smallest absolute Gasteiger partial charge is 0.165 e. The number of thiazole rings is 1. The van der Waals surface area contributed by atoms with Crippen LogP contribution in [0, 0.1) is 6.92 Å². The van der Waals surface area contributed by atoms with Gasteiger partial charge in [-0.15, -0.1) is 16.4 Å². The fourth-order valence-electron chi connectivity index (χ4n) is 3.35. The van der Waals surface area contributed by atoms with Crippen LogP contribution >= 0.6 is 11.3 Å². The molecule has 3 heterocycles. The minimum atomic E-state index is -0.757. The molecule has 2 aromatic heterocycles. The van der Waals surface area contributed by atoms with Gasteiger partial charge in [-0.25, -0.2) is 14.1 Å². The quantitative estimate of drug-likeness (QED) is 0.746. The van der Waals surface area contributed by atoms with Crippen LogP contribution in [0.15, 0.2) is 5.51 Å². The molecule has 0 unspecified atom stereocenters. The Labute approximate surface area is 151 Å². The van der Waals surface area contributed by atoms with Gasteiger partial charge in [0.15, 0.2) is 5.82 Å². The van der Waals surface area contributed by atoms with Gasteiger partial charge in [0.1, 0.15) is 6.17 Å². The van der Waals surface area contributed by atoms with Crippen molar-refractivity contribution in [2.45, 2.75) is 58.5 Å². The van der Waals surface area contributed by atoms with Crippen molar-refractivity contribution in [3.63, 3.8) is 0 Å². The maximum Gasteiger partial charge on any atom is 0.165 e. The molecule has 1 saturated heterocycles. The lowest BCUT2D eigenvalue weighted by atomic mass is 10.2. The molecule has 0 spiro atoms. The van der Waals surface area contributed by atoms with Gasteiger partial charge in [-0.2, -0.15) is 0 Å². The molecule has 0 saturated carbocycles. The van der Waals surface area contributed by atoms with Crippen molar-refractivity contribution in [1.82, 2.24) is 35.0 Å². The first-order valence-electron chi connectivity index (χ1n) is 8.66. The predicted molar refractivity (Wildman–Crippen MR) is 95.1 cm³/mol.